The van der Waals surface area contributed by atoms with Gasteiger partial charge in [0.15, 0.2) is 18.1 Å². The Balaban J connectivity index is 2.03. The lowest BCUT2D eigenvalue weighted by Crippen LogP contribution is -1.98. The first-order chi connectivity index (χ1) is 11.6. The fourth-order valence-corrected chi connectivity index (χ4v) is 1.83. The molecule has 0 fully saturated rings. The Kier molecular flexibility index (Phi) is 5.69. The van der Waals surface area contributed by atoms with E-state index in [2.05, 4.69) is 10.5 Å². The number of benzene rings is 2. The first kappa shape index (κ1) is 16.8. The van der Waals surface area contributed by atoms with Crippen LogP contribution in [0.1, 0.15) is 5.56 Å². The van der Waals surface area contributed by atoms with E-state index in [0.29, 0.717) is 17.2 Å². The number of nitrogens with zero attached hydrogens (tertiary/aromatic N) is 3. The van der Waals surface area contributed by atoms with Crippen LogP contribution in [-0.4, -0.2) is 24.9 Å². The summed E-state index contributed by atoms with van der Waals surface area (Å²) in [6.07, 6.45) is 1.57. The number of non-ortho nitro benzene ring substituents is 1. The molecule has 0 saturated heterocycles. The second-order valence-corrected chi connectivity index (χ2v) is 4.53. The molecule has 0 radical (unpaired) electrons. The summed E-state index contributed by atoms with van der Waals surface area (Å²) in [5.41, 5.74) is 4.17. The van der Waals surface area contributed by atoms with Crippen LogP contribution in [0.5, 0.6) is 11.5 Å². The molecule has 0 amide bonds. The summed E-state index contributed by atoms with van der Waals surface area (Å²) in [7, 11) is 1.50. The largest absolute Gasteiger partial charge is 0.493 e. The minimum atomic E-state index is -0.463. The van der Waals surface area contributed by atoms with E-state index >= 15 is 0 Å². The molecule has 0 aliphatic heterocycles. The van der Waals surface area contributed by atoms with Gasteiger partial charge in [-0.15, -0.1) is 0 Å². The number of nitro groups is 1. The van der Waals surface area contributed by atoms with Crippen LogP contribution in [0.15, 0.2) is 47.6 Å². The number of rotatable bonds is 7. The lowest BCUT2D eigenvalue weighted by atomic mass is 10.2. The number of anilines is 1. The Morgan fingerprint density at radius 2 is 2.04 bits per heavy atom. The predicted octanol–water partition coefficient (Wildman–Crippen LogP) is 2.95. The molecule has 1 N–H and O–H groups in total. The van der Waals surface area contributed by atoms with Crippen molar-refractivity contribution in [3.63, 3.8) is 0 Å². The zero-order valence-corrected chi connectivity index (χ0v) is 12.8. The molecule has 0 aliphatic rings. The Morgan fingerprint density at radius 3 is 2.67 bits per heavy atom. The van der Waals surface area contributed by atoms with Gasteiger partial charge < -0.3 is 9.47 Å². The molecule has 0 heterocycles. The van der Waals surface area contributed by atoms with Crippen LogP contribution in [0.3, 0.4) is 0 Å². The summed E-state index contributed by atoms with van der Waals surface area (Å²) in [5.74, 6) is 0.962. The van der Waals surface area contributed by atoms with Crippen molar-refractivity contribution in [2.75, 3.05) is 19.1 Å². The molecule has 2 aromatic carbocycles. The van der Waals surface area contributed by atoms with Crippen molar-refractivity contribution in [3.8, 4) is 17.6 Å². The quantitative estimate of drug-likeness (QED) is 0.476. The Labute approximate surface area is 138 Å². The van der Waals surface area contributed by atoms with Crippen LogP contribution in [0.25, 0.3) is 0 Å². The third-order valence-corrected chi connectivity index (χ3v) is 2.97. The third kappa shape index (κ3) is 4.45. The topological polar surface area (TPSA) is 110 Å². The number of hydrogen-bond donors (Lipinski definition) is 1. The van der Waals surface area contributed by atoms with E-state index in [-0.39, 0.29) is 12.3 Å². The van der Waals surface area contributed by atoms with E-state index < -0.39 is 4.92 Å². The van der Waals surface area contributed by atoms with Crippen LogP contribution in [0.4, 0.5) is 11.4 Å². The van der Waals surface area contributed by atoms with Crippen LogP contribution in [-0.2, 0) is 0 Å². The summed E-state index contributed by atoms with van der Waals surface area (Å²) < 4.78 is 10.4. The third-order valence-electron chi connectivity index (χ3n) is 2.97. The van der Waals surface area contributed by atoms with Gasteiger partial charge in [0.2, 0.25) is 0 Å². The predicted molar refractivity (Wildman–Crippen MR) is 88.4 cm³/mol. The van der Waals surface area contributed by atoms with E-state index in [4.69, 9.17) is 14.7 Å². The summed E-state index contributed by atoms with van der Waals surface area (Å²) in [5, 5.41) is 23.2. The highest BCUT2D eigenvalue weighted by Crippen LogP contribution is 2.27. The van der Waals surface area contributed by atoms with Gasteiger partial charge in [-0.2, -0.15) is 10.4 Å². The van der Waals surface area contributed by atoms with E-state index in [0.717, 1.165) is 5.56 Å². The molecular weight excluding hydrogens is 312 g/mol. The summed E-state index contributed by atoms with van der Waals surface area (Å²) >= 11 is 0. The maximum atomic E-state index is 10.6. The molecule has 8 heteroatoms. The summed E-state index contributed by atoms with van der Waals surface area (Å²) in [4.78, 5) is 10.1. The van der Waals surface area contributed by atoms with Gasteiger partial charge in [0.25, 0.3) is 5.69 Å². The van der Waals surface area contributed by atoms with Gasteiger partial charge in [-0.3, -0.25) is 15.5 Å². The van der Waals surface area contributed by atoms with Crippen LogP contribution >= 0.6 is 0 Å². The average molecular weight is 326 g/mol. The second-order valence-electron chi connectivity index (χ2n) is 4.53. The highest BCUT2D eigenvalue weighted by atomic mass is 16.6. The van der Waals surface area contributed by atoms with E-state index in [1.54, 1.807) is 36.5 Å². The molecule has 0 atom stereocenters. The average Bonchev–Trinajstić information content (AvgIpc) is 2.60. The molecule has 24 heavy (non-hydrogen) atoms. The van der Waals surface area contributed by atoms with Crippen LogP contribution in [0, 0.1) is 21.4 Å². The minimum absolute atomic E-state index is 0.0159. The van der Waals surface area contributed by atoms with Crippen molar-refractivity contribution in [3.05, 3.63) is 58.1 Å². The van der Waals surface area contributed by atoms with Gasteiger partial charge in [0, 0.05) is 12.1 Å². The number of methoxy groups -OCH3 is 1. The minimum Gasteiger partial charge on any atom is -0.493 e. The standard InChI is InChI=1S/C16H14N4O4/c1-23-16-10-12(2-7-15(16)24-9-8-17)11-18-19-13-3-5-14(6-4-13)20(21)22/h2-7,10-11,19H,9H2,1H3/b18-11-. The van der Waals surface area contributed by atoms with Crippen molar-refractivity contribution in [1.29, 1.82) is 5.26 Å². The number of nitro benzene ring substituents is 1. The van der Waals surface area contributed by atoms with Gasteiger partial charge in [0.1, 0.15) is 6.07 Å². The fourth-order valence-electron chi connectivity index (χ4n) is 1.83. The van der Waals surface area contributed by atoms with E-state index in [1.165, 1.54) is 19.2 Å². The van der Waals surface area contributed by atoms with Crippen molar-refractivity contribution >= 4 is 17.6 Å². The maximum absolute atomic E-state index is 10.6. The first-order valence-corrected chi connectivity index (χ1v) is 6.85. The van der Waals surface area contributed by atoms with Gasteiger partial charge in [-0.25, -0.2) is 0 Å². The highest BCUT2D eigenvalue weighted by Gasteiger charge is 2.05. The molecule has 0 saturated carbocycles. The highest BCUT2D eigenvalue weighted by molar-refractivity contribution is 5.81. The maximum Gasteiger partial charge on any atom is 0.269 e. The lowest BCUT2D eigenvalue weighted by molar-refractivity contribution is -0.384. The number of nitriles is 1. The molecule has 122 valence electrons. The SMILES string of the molecule is COc1cc(/C=N\Nc2ccc([N+](=O)[O-])cc2)ccc1OCC#N. The molecular formula is C16H14N4O4. The Hall–Kier alpha value is -3.60. The van der Waals surface area contributed by atoms with Crippen LogP contribution < -0.4 is 14.9 Å². The van der Waals surface area contributed by atoms with Crippen molar-refractivity contribution in [2.24, 2.45) is 5.10 Å². The van der Waals surface area contributed by atoms with E-state index in [1.807, 2.05) is 6.07 Å². The number of hydrogen-bond acceptors (Lipinski definition) is 7. The number of ether oxygens (including phenoxy) is 2. The fraction of sp³-hybridized carbons (Fsp3) is 0.125. The smallest absolute Gasteiger partial charge is 0.269 e. The molecule has 2 rings (SSSR count). The number of nitrogens with one attached hydrogen (secondary N) is 1. The summed E-state index contributed by atoms with van der Waals surface area (Å²) in [6.45, 7) is -0.0640. The lowest BCUT2D eigenvalue weighted by Gasteiger charge is -2.08. The monoisotopic (exact) mass is 326 g/mol. The number of hydrazone groups is 1. The molecule has 2 aromatic rings. The van der Waals surface area contributed by atoms with Crippen molar-refractivity contribution < 1.29 is 14.4 Å². The van der Waals surface area contributed by atoms with Gasteiger partial charge in [-0.05, 0) is 35.9 Å². The molecule has 0 spiro atoms. The van der Waals surface area contributed by atoms with Crippen LogP contribution in [0.2, 0.25) is 0 Å². The van der Waals surface area contributed by atoms with E-state index in [9.17, 15) is 10.1 Å². The zero-order valence-electron chi connectivity index (χ0n) is 12.8. The molecule has 0 unspecified atom stereocenters. The van der Waals surface area contributed by atoms with Gasteiger partial charge >= 0.3 is 0 Å². The Morgan fingerprint density at radius 1 is 1.29 bits per heavy atom. The van der Waals surface area contributed by atoms with Gasteiger partial charge in [-0.1, -0.05) is 0 Å². The summed E-state index contributed by atoms with van der Waals surface area (Å²) in [6, 6.07) is 13.0. The molecule has 8 nitrogen and oxygen atoms in total. The molecule has 0 aliphatic carbocycles. The first-order valence-electron chi connectivity index (χ1n) is 6.85. The molecule has 0 bridgehead atoms. The molecule has 0 aromatic heterocycles. The normalized spacial score (nSPS) is 10.2. The van der Waals surface area contributed by atoms with Gasteiger partial charge in [0.05, 0.1) is 23.9 Å². The Bertz CT molecular complexity index is 782. The second kappa shape index (κ2) is 8.14. The van der Waals surface area contributed by atoms with Crippen molar-refractivity contribution in [2.45, 2.75) is 0 Å². The van der Waals surface area contributed by atoms with Crippen molar-refractivity contribution in [1.82, 2.24) is 0 Å². The zero-order chi connectivity index (χ0) is 17.4.